The van der Waals surface area contributed by atoms with Gasteiger partial charge in [0.15, 0.2) is 0 Å². The van der Waals surface area contributed by atoms with Crippen LogP contribution in [0.1, 0.15) is 31.9 Å². The van der Waals surface area contributed by atoms with Gasteiger partial charge in [-0.05, 0) is 24.5 Å². The largest absolute Gasteiger partial charge is 0.325 e. The number of amides is 2. The Hall–Kier alpha value is -2.77. The van der Waals surface area contributed by atoms with Crippen molar-refractivity contribution in [2.75, 3.05) is 11.1 Å². The van der Waals surface area contributed by atoms with E-state index in [9.17, 15) is 20.1 Å². The van der Waals surface area contributed by atoms with Crippen molar-refractivity contribution in [2.45, 2.75) is 34.1 Å². The lowest BCUT2D eigenvalue weighted by molar-refractivity contribution is -0.125. The summed E-state index contributed by atoms with van der Waals surface area (Å²) < 4.78 is 0. The molecule has 2 N–H and O–H groups in total. The van der Waals surface area contributed by atoms with Crippen LogP contribution >= 0.6 is 11.8 Å². The normalized spacial score (nSPS) is 18.3. The lowest BCUT2D eigenvalue weighted by Gasteiger charge is -2.34. The van der Waals surface area contributed by atoms with E-state index in [1.807, 2.05) is 38.1 Å². The fraction of sp³-hybridized carbons (Fsp3) is 0.400. The first-order chi connectivity index (χ1) is 12.8. The smallest absolute Gasteiger partial charge is 0.243 e. The maximum atomic E-state index is 12.4. The zero-order valence-electron chi connectivity index (χ0n) is 15.8. The molecule has 0 aromatic heterocycles. The fourth-order valence-corrected chi connectivity index (χ4v) is 4.02. The van der Waals surface area contributed by atoms with Gasteiger partial charge in [0.05, 0.1) is 28.5 Å². The summed E-state index contributed by atoms with van der Waals surface area (Å²) in [7, 11) is 0. The first kappa shape index (κ1) is 20.5. The molecule has 0 aliphatic carbocycles. The lowest BCUT2D eigenvalue weighted by Crippen LogP contribution is -2.44. The number of thioether (sulfide) groups is 1. The van der Waals surface area contributed by atoms with E-state index in [-0.39, 0.29) is 11.7 Å². The standard InChI is InChI=1S/C20H22N4O2S/c1-5-13-8-6-7-12(2)17(13)23-16(25)11-27-19-15(10-22)20(3,4)14(9-21)18(26)24-19/h6-8,14H,5,11H2,1-4H3,(H,23,25)(H,24,26)/t14-/m1/s1. The van der Waals surface area contributed by atoms with Gasteiger partial charge in [-0.3, -0.25) is 9.59 Å². The van der Waals surface area contributed by atoms with Crippen molar-refractivity contribution < 1.29 is 9.59 Å². The molecule has 0 radical (unpaired) electrons. The van der Waals surface area contributed by atoms with Crippen molar-refractivity contribution in [3.8, 4) is 12.1 Å². The summed E-state index contributed by atoms with van der Waals surface area (Å²) in [6.45, 7) is 7.35. The molecule has 1 aromatic carbocycles. The number of aryl methyl sites for hydroxylation is 2. The molecular formula is C20H22N4O2S. The summed E-state index contributed by atoms with van der Waals surface area (Å²) in [6, 6.07) is 9.91. The van der Waals surface area contributed by atoms with Crippen LogP contribution < -0.4 is 10.6 Å². The lowest BCUT2D eigenvalue weighted by atomic mass is 9.72. The Bertz CT molecular complexity index is 890. The number of anilines is 1. The molecule has 0 fully saturated rings. The Labute approximate surface area is 163 Å². The van der Waals surface area contributed by atoms with Crippen LogP contribution in [0.2, 0.25) is 0 Å². The highest BCUT2D eigenvalue weighted by Crippen LogP contribution is 2.41. The predicted molar refractivity (Wildman–Crippen MR) is 105 cm³/mol. The Morgan fingerprint density at radius 3 is 2.67 bits per heavy atom. The molecule has 0 saturated heterocycles. The Morgan fingerprint density at radius 2 is 2.07 bits per heavy atom. The molecular weight excluding hydrogens is 360 g/mol. The highest BCUT2D eigenvalue weighted by molar-refractivity contribution is 8.03. The van der Waals surface area contributed by atoms with Crippen molar-refractivity contribution in [1.82, 2.24) is 5.32 Å². The number of nitrogens with one attached hydrogen (secondary N) is 2. The fourth-order valence-electron chi connectivity index (χ4n) is 3.05. The Kier molecular flexibility index (Phi) is 6.30. The summed E-state index contributed by atoms with van der Waals surface area (Å²) >= 11 is 1.10. The van der Waals surface area contributed by atoms with E-state index in [4.69, 9.17) is 0 Å². The molecule has 27 heavy (non-hydrogen) atoms. The first-order valence-electron chi connectivity index (χ1n) is 8.62. The molecule has 2 amide bonds. The van der Waals surface area contributed by atoms with Crippen molar-refractivity contribution in [3.05, 3.63) is 39.9 Å². The molecule has 6 nitrogen and oxygen atoms in total. The molecule has 1 aliphatic rings. The van der Waals surface area contributed by atoms with Gasteiger partial charge in [-0.15, -0.1) is 0 Å². The number of nitriles is 2. The second-order valence-corrected chi connectivity index (χ2v) is 7.87. The predicted octanol–water partition coefficient (Wildman–Crippen LogP) is 3.26. The number of para-hydroxylation sites is 1. The van der Waals surface area contributed by atoms with Crippen LogP contribution in [0.4, 0.5) is 5.69 Å². The van der Waals surface area contributed by atoms with E-state index >= 15 is 0 Å². The van der Waals surface area contributed by atoms with E-state index in [1.165, 1.54) is 0 Å². The summed E-state index contributed by atoms with van der Waals surface area (Å²) in [5.74, 6) is -1.56. The molecule has 1 aromatic rings. The summed E-state index contributed by atoms with van der Waals surface area (Å²) in [6.07, 6.45) is 0.800. The molecule has 1 heterocycles. The SMILES string of the molecule is CCc1cccc(C)c1NC(=O)CSC1=C(C#N)C(C)(C)[C@H](C#N)C(=O)N1. The highest BCUT2D eigenvalue weighted by Gasteiger charge is 2.44. The quantitative estimate of drug-likeness (QED) is 0.813. The van der Waals surface area contributed by atoms with Gasteiger partial charge in [0.2, 0.25) is 11.8 Å². The van der Waals surface area contributed by atoms with Crippen LogP contribution in [-0.2, 0) is 16.0 Å². The third-order valence-electron chi connectivity index (χ3n) is 4.68. The van der Waals surface area contributed by atoms with Crippen LogP contribution in [0, 0.1) is 40.9 Å². The van der Waals surface area contributed by atoms with Crippen LogP contribution in [-0.4, -0.2) is 17.6 Å². The average molecular weight is 382 g/mol. The third-order valence-corrected chi connectivity index (χ3v) is 5.69. The Balaban J connectivity index is 2.17. The average Bonchev–Trinajstić information content (AvgIpc) is 2.61. The number of carbonyl (C=O) groups excluding carboxylic acids is 2. The maximum absolute atomic E-state index is 12.4. The van der Waals surface area contributed by atoms with Gasteiger partial charge < -0.3 is 10.6 Å². The van der Waals surface area contributed by atoms with Gasteiger partial charge in [0.1, 0.15) is 5.92 Å². The summed E-state index contributed by atoms with van der Waals surface area (Å²) in [4.78, 5) is 24.6. The molecule has 1 atom stereocenters. The number of rotatable bonds is 5. The van der Waals surface area contributed by atoms with E-state index in [0.717, 1.165) is 35.0 Å². The molecule has 7 heteroatoms. The number of benzene rings is 1. The van der Waals surface area contributed by atoms with Crippen LogP contribution in [0.5, 0.6) is 0 Å². The molecule has 2 rings (SSSR count). The minimum absolute atomic E-state index is 0.0472. The van der Waals surface area contributed by atoms with Crippen LogP contribution in [0.25, 0.3) is 0 Å². The number of allylic oxidation sites excluding steroid dienone is 1. The van der Waals surface area contributed by atoms with E-state index in [2.05, 4.69) is 16.7 Å². The molecule has 0 saturated carbocycles. The summed E-state index contributed by atoms with van der Waals surface area (Å²) in [5, 5.41) is 24.6. The second-order valence-electron chi connectivity index (χ2n) is 6.89. The minimum Gasteiger partial charge on any atom is -0.325 e. The van der Waals surface area contributed by atoms with Crippen LogP contribution in [0.15, 0.2) is 28.8 Å². The highest BCUT2D eigenvalue weighted by atomic mass is 32.2. The first-order valence-corrected chi connectivity index (χ1v) is 9.61. The van der Waals surface area contributed by atoms with Gasteiger partial charge in [0, 0.05) is 11.1 Å². The zero-order chi connectivity index (χ0) is 20.2. The van der Waals surface area contributed by atoms with Crippen molar-refractivity contribution >= 4 is 29.3 Å². The van der Waals surface area contributed by atoms with Crippen LogP contribution in [0.3, 0.4) is 0 Å². The maximum Gasteiger partial charge on any atom is 0.243 e. The van der Waals surface area contributed by atoms with Crippen molar-refractivity contribution in [1.29, 1.82) is 10.5 Å². The number of nitrogens with zero attached hydrogens (tertiary/aromatic N) is 2. The van der Waals surface area contributed by atoms with Gasteiger partial charge in [-0.25, -0.2) is 0 Å². The number of carbonyl (C=O) groups is 2. The molecule has 0 spiro atoms. The van der Waals surface area contributed by atoms with Gasteiger partial charge in [-0.1, -0.05) is 50.7 Å². The third kappa shape index (κ3) is 4.15. The van der Waals surface area contributed by atoms with E-state index < -0.39 is 17.2 Å². The topological polar surface area (TPSA) is 106 Å². The van der Waals surface area contributed by atoms with Crippen molar-refractivity contribution in [2.24, 2.45) is 11.3 Å². The number of hydrogen-bond acceptors (Lipinski definition) is 5. The van der Waals surface area contributed by atoms with E-state index in [0.29, 0.717) is 10.6 Å². The summed E-state index contributed by atoms with van der Waals surface area (Å²) in [5.41, 5.74) is 2.24. The van der Waals surface area contributed by atoms with Gasteiger partial charge >= 0.3 is 0 Å². The Morgan fingerprint density at radius 1 is 1.37 bits per heavy atom. The minimum atomic E-state index is -0.940. The zero-order valence-corrected chi connectivity index (χ0v) is 16.7. The molecule has 1 aliphatic heterocycles. The van der Waals surface area contributed by atoms with Gasteiger partial charge in [-0.2, -0.15) is 10.5 Å². The molecule has 140 valence electrons. The van der Waals surface area contributed by atoms with Crippen molar-refractivity contribution in [3.63, 3.8) is 0 Å². The van der Waals surface area contributed by atoms with E-state index in [1.54, 1.807) is 13.8 Å². The monoisotopic (exact) mass is 382 g/mol. The van der Waals surface area contributed by atoms with Gasteiger partial charge in [0.25, 0.3) is 0 Å². The second kappa shape index (κ2) is 8.28. The molecule has 0 bridgehead atoms. The molecule has 0 unspecified atom stereocenters. The number of hydrogen-bond donors (Lipinski definition) is 2.